The number of aryl methyl sites for hydroxylation is 1. The first-order valence-electron chi connectivity index (χ1n) is 11.7. The quantitative estimate of drug-likeness (QED) is 0.466. The smallest absolute Gasteiger partial charge is 0.256 e. The van der Waals surface area contributed by atoms with Crippen LogP contribution in [0.1, 0.15) is 27.7 Å². The summed E-state index contributed by atoms with van der Waals surface area (Å²) in [6.45, 7) is 3.81. The highest BCUT2D eigenvalue weighted by Gasteiger charge is 2.35. The summed E-state index contributed by atoms with van der Waals surface area (Å²) < 4.78 is 2.15. The fourth-order valence-corrected chi connectivity index (χ4v) is 4.88. The first-order valence-corrected chi connectivity index (χ1v) is 11.7. The molecule has 0 radical (unpaired) electrons. The molecule has 0 bridgehead atoms. The number of carbonyl (C=O) groups excluding carboxylic acids is 1. The Balaban J connectivity index is 1.59. The zero-order valence-electron chi connectivity index (χ0n) is 19.3. The van der Waals surface area contributed by atoms with Gasteiger partial charge in [0.15, 0.2) is 0 Å². The van der Waals surface area contributed by atoms with Crippen LogP contribution in [0.4, 0.5) is 0 Å². The second kappa shape index (κ2) is 9.67. The Kier molecular flexibility index (Phi) is 6.30. The number of hydrogen-bond acceptors (Lipinski definition) is 3. The molecule has 1 amide bonds. The monoisotopic (exact) mass is 451 g/mol. The number of hydrogen-bond donors (Lipinski definition) is 2. The summed E-state index contributed by atoms with van der Waals surface area (Å²) in [7, 11) is 0. The fourth-order valence-electron chi connectivity index (χ4n) is 4.88. The summed E-state index contributed by atoms with van der Waals surface area (Å²) in [6, 6.07) is 31.4. The van der Waals surface area contributed by atoms with Crippen LogP contribution in [0.3, 0.4) is 0 Å². The number of amides is 1. The highest BCUT2D eigenvalue weighted by molar-refractivity contribution is 6.01. The summed E-state index contributed by atoms with van der Waals surface area (Å²) in [6.07, 6.45) is -0.768. The van der Waals surface area contributed by atoms with Crippen molar-refractivity contribution in [1.29, 1.82) is 0 Å². The Morgan fingerprint density at radius 2 is 1.56 bits per heavy atom. The lowest BCUT2D eigenvalue weighted by atomic mass is 9.98. The Morgan fingerprint density at radius 1 is 0.941 bits per heavy atom. The Labute approximate surface area is 200 Å². The molecule has 5 rings (SSSR count). The first-order chi connectivity index (χ1) is 16.6. The van der Waals surface area contributed by atoms with Crippen LogP contribution in [0, 0.1) is 6.92 Å². The van der Waals surface area contributed by atoms with Gasteiger partial charge in [0.2, 0.25) is 0 Å². The van der Waals surface area contributed by atoms with Crippen LogP contribution < -0.4 is 5.32 Å². The topological polar surface area (TPSA) is 57.5 Å². The predicted molar refractivity (Wildman–Crippen MR) is 135 cm³/mol. The SMILES string of the molecule is Cc1cc(C(=O)N2CCNCC2[C@H](O)c2ccccc2)c(-c2ccccc2)n1-c1ccccc1. The maximum Gasteiger partial charge on any atom is 0.256 e. The van der Waals surface area contributed by atoms with Gasteiger partial charge < -0.3 is 19.9 Å². The number of rotatable bonds is 5. The lowest BCUT2D eigenvalue weighted by Gasteiger charge is -2.39. The molecule has 1 unspecified atom stereocenters. The molecule has 0 saturated carbocycles. The van der Waals surface area contributed by atoms with Gasteiger partial charge in [-0.05, 0) is 36.2 Å². The number of piperazine rings is 1. The van der Waals surface area contributed by atoms with Crippen molar-refractivity contribution in [3.63, 3.8) is 0 Å². The van der Waals surface area contributed by atoms with Crippen LogP contribution in [0.15, 0.2) is 97.1 Å². The number of nitrogens with one attached hydrogen (secondary N) is 1. The molecule has 172 valence electrons. The number of carbonyl (C=O) groups is 1. The average Bonchev–Trinajstić information content (AvgIpc) is 3.26. The molecular weight excluding hydrogens is 422 g/mol. The van der Waals surface area contributed by atoms with Gasteiger partial charge in [0.25, 0.3) is 5.91 Å². The largest absolute Gasteiger partial charge is 0.386 e. The molecule has 2 N–H and O–H groups in total. The number of aromatic nitrogens is 1. The van der Waals surface area contributed by atoms with E-state index < -0.39 is 6.10 Å². The molecule has 4 aromatic rings. The minimum absolute atomic E-state index is 0.0573. The van der Waals surface area contributed by atoms with Crippen molar-refractivity contribution < 1.29 is 9.90 Å². The lowest BCUT2D eigenvalue weighted by Crippen LogP contribution is -2.56. The standard InChI is InChI=1S/C29H29N3O2/c1-21-19-25(27(22-11-5-2-6-12-22)32(21)24-15-9-4-10-16-24)29(34)31-18-17-30-20-26(31)28(33)23-13-7-3-8-14-23/h2-16,19,26,28,30,33H,17-18,20H2,1H3/t26?,28-/m1/s1. The van der Waals surface area contributed by atoms with Crippen LogP contribution in [0.25, 0.3) is 16.9 Å². The molecule has 34 heavy (non-hydrogen) atoms. The number of aliphatic hydroxyl groups excluding tert-OH is 1. The van der Waals surface area contributed by atoms with E-state index in [1.807, 2.05) is 96.8 Å². The van der Waals surface area contributed by atoms with Crippen LogP contribution in [-0.2, 0) is 0 Å². The maximum absolute atomic E-state index is 14.1. The van der Waals surface area contributed by atoms with E-state index in [0.717, 1.165) is 28.2 Å². The lowest BCUT2D eigenvalue weighted by molar-refractivity contribution is 0.0266. The Hall–Kier alpha value is -3.67. The molecule has 0 spiro atoms. The van der Waals surface area contributed by atoms with Gasteiger partial charge in [-0.25, -0.2) is 0 Å². The van der Waals surface area contributed by atoms with Crippen LogP contribution in [-0.4, -0.2) is 46.2 Å². The number of nitrogens with zero attached hydrogens (tertiary/aromatic N) is 2. The third-order valence-corrected chi connectivity index (χ3v) is 6.53. The van der Waals surface area contributed by atoms with E-state index in [1.165, 1.54) is 0 Å². The van der Waals surface area contributed by atoms with Crippen molar-refractivity contribution in [2.45, 2.75) is 19.1 Å². The Bertz CT molecular complexity index is 1250. The van der Waals surface area contributed by atoms with E-state index >= 15 is 0 Å². The minimum atomic E-state index is -0.768. The second-order valence-electron chi connectivity index (χ2n) is 8.71. The molecule has 3 aromatic carbocycles. The summed E-state index contributed by atoms with van der Waals surface area (Å²) in [5.41, 5.74) is 5.33. The Morgan fingerprint density at radius 3 is 2.24 bits per heavy atom. The van der Waals surface area contributed by atoms with E-state index in [1.54, 1.807) is 0 Å². The summed E-state index contributed by atoms with van der Waals surface area (Å²) >= 11 is 0. The molecule has 2 atom stereocenters. The highest BCUT2D eigenvalue weighted by Crippen LogP contribution is 2.33. The number of aliphatic hydroxyl groups is 1. The van der Waals surface area contributed by atoms with Gasteiger partial charge in [-0.3, -0.25) is 4.79 Å². The molecule has 5 heteroatoms. The van der Waals surface area contributed by atoms with Crippen LogP contribution in [0.5, 0.6) is 0 Å². The van der Waals surface area contributed by atoms with E-state index in [-0.39, 0.29) is 11.9 Å². The molecule has 0 aliphatic carbocycles. The van der Waals surface area contributed by atoms with Crippen LogP contribution >= 0.6 is 0 Å². The number of benzene rings is 3. The van der Waals surface area contributed by atoms with E-state index in [9.17, 15) is 9.90 Å². The molecule has 2 heterocycles. The van der Waals surface area contributed by atoms with Gasteiger partial charge in [0.1, 0.15) is 6.10 Å². The molecular formula is C29H29N3O2. The van der Waals surface area contributed by atoms with Crippen molar-refractivity contribution in [2.24, 2.45) is 0 Å². The van der Waals surface area contributed by atoms with Crippen molar-refractivity contribution >= 4 is 5.91 Å². The zero-order valence-corrected chi connectivity index (χ0v) is 19.3. The third kappa shape index (κ3) is 4.16. The van der Waals surface area contributed by atoms with E-state index in [0.29, 0.717) is 25.2 Å². The summed E-state index contributed by atoms with van der Waals surface area (Å²) in [4.78, 5) is 15.9. The van der Waals surface area contributed by atoms with Crippen molar-refractivity contribution in [3.8, 4) is 16.9 Å². The van der Waals surface area contributed by atoms with Crippen LogP contribution in [0.2, 0.25) is 0 Å². The van der Waals surface area contributed by atoms with Gasteiger partial charge >= 0.3 is 0 Å². The van der Waals surface area contributed by atoms with Gasteiger partial charge in [-0.15, -0.1) is 0 Å². The second-order valence-corrected chi connectivity index (χ2v) is 8.71. The number of para-hydroxylation sites is 1. The molecule has 1 fully saturated rings. The maximum atomic E-state index is 14.1. The van der Waals surface area contributed by atoms with Crippen molar-refractivity contribution in [2.75, 3.05) is 19.6 Å². The third-order valence-electron chi connectivity index (χ3n) is 6.53. The predicted octanol–water partition coefficient (Wildman–Crippen LogP) is 4.60. The van der Waals surface area contributed by atoms with Gasteiger partial charge in [0, 0.05) is 31.0 Å². The molecule has 1 aliphatic heterocycles. The van der Waals surface area contributed by atoms with E-state index in [2.05, 4.69) is 22.0 Å². The average molecular weight is 452 g/mol. The zero-order chi connectivity index (χ0) is 23.5. The first kappa shape index (κ1) is 22.1. The fraction of sp³-hybridized carbons (Fsp3) is 0.207. The van der Waals surface area contributed by atoms with Crippen molar-refractivity contribution in [3.05, 3.63) is 114 Å². The summed E-state index contributed by atoms with van der Waals surface area (Å²) in [5.74, 6) is -0.0573. The molecule has 5 nitrogen and oxygen atoms in total. The summed E-state index contributed by atoms with van der Waals surface area (Å²) in [5, 5.41) is 14.5. The van der Waals surface area contributed by atoms with Crippen molar-refractivity contribution in [1.82, 2.24) is 14.8 Å². The van der Waals surface area contributed by atoms with Gasteiger partial charge in [0.05, 0.1) is 17.3 Å². The van der Waals surface area contributed by atoms with E-state index in [4.69, 9.17) is 0 Å². The molecule has 1 saturated heterocycles. The minimum Gasteiger partial charge on any atom is -0.386 e. The van der Waals surface area contributed by atoms with Gasteiger partial charge in [-0.2, -0.15) is 0 Å². The molecule has 1 aromatic heterocycles. The van der Waals surface area contributed by atoms with Gasteiger partial charge in [-0.1, -0.05) is 78.9 Å². The normalized spacial score (nSPS) is 16.9. The molecule has 1 aliphatic rings. The highest BCUT2D eigenvalue weighted by atomic mass is 16.3.